The summed E-state index contributed by atoms with van der Waals surface area (Å²) >= 11 is 0. The van der Waals surface area contributed by atoms with Crippen LogP contribution in [0.25, 0.3) is 0 Å². The van der Waals surface area contributed by atoms with Crippen molar-refractivity contribution < 1.29 is 32.2 Å². The molecule has 0 unspecified atom stereocenters. The van der Waals surface area contributed by atoms with Crippen LogP contribution in [0.5, 0.6) is 5.75 Å². The molecular weight excluding hydrogens is 289 g/mol. The minimum absolute atomic E-state index is 0.170. The molecule has 0 saturated heterocycles. The lowest BCUT2D eigenvalue weighted by molar-refractivity contribution is -0.274. The monoisotopic (exact) mass is 302 g/mol. The summed E-state index contributed by atoms with van der Waals surface area (Å²) in [6.45, 7) is 1.46. The third kappa shape index (κ3) is 5.68. The van der Waals surface area contributed by atoms with Crippen LogP contribution in [0.4, 0.5) is 13.2 Å². The van der Waals surface area contributed by atoms with E-state index in [2.05, 4.69) is 9.47 Å². The molecular formula is C14H13F3O4. The van der Waals surface area contributed by atoms with E-state index in [1.807, 2.05) is 0 Å². The minimum atomic E-state index is -4.79. The molecule has 1 rings (SSSR count). The topological polar surface area (TPSA) is 52.6 Å². The SMILES string of the molecule is COC=CC(=O)CC(=O)c1ccc(OC(F)(F)F)cc1C. The number of methoxy groups -OCH3 is 1. The Balaban J connectivity index is 2.82. The maximum atomic E-state index is 12.1. The van der Waals surface area contributed by atoms with Crippen LogP contribution in [-0.4, -0.2) is 25.0 Å². The van der Waals surface area contributed by atoms with Crippen LogP contribution in [0.15, 0.2) is 30.5 Å². The molecule has 0 fully saturated rings. The summed E-state index contributed by atoms with van der Waals surface area (Å²) in [5.41, 5.74) is 0.467. The van der Waals surface area contributed by atoms with E-state index in [-0.39, 0.29) is 12.0 Å². The largest absolute Gasteiger partial charge is 0.573 e. The molecule has 4 nitrogen and oxygen atoms in total. The number of carbonyl (C=O) groups excluding carboxylic acids is 2. The fourth-order valence-electron chi connectivity index (χ4n) is 1.60. The van der Waals surface area contributed by atoms with Gasteiger partial charge < -0.3 is 9.47 Å². The van der Waals surface area contributed by atoms with Gasteiger partial charge in [0.05, 0.1) is 19.8 Å². The van der Waals surface area contributed by atoms with Crippen LogP contribution in [0, 0.1) is 6.92 Å². The number of ether oxygens (including phenoxy) is 2. The molecule has 0 aliphatic rings. The molecule has 1 aromatic carbocycles. The molecule has 0 aromatic heterocycles. The summed E-state index contributed by atoms with van der Waals surface area (Å²) in [7, 11) is 1.36. The number of carbonyl (C=O) groups is 2. The van der Waals surface area contributed by atoms with E-state index in [0.717, 1.165) is 24.5 Å². The van der Waals surface area contributed by atoms with Crippen LogP contribution in [-0.2, 0) is 9.53 Å². The highest BCUT2D eigenvalue weighted by Crippen LogP contribution is 2.25. The minimum Gasteiger partial charge on any atom is -0.504 e. The third-order valence-corrected chi connectivity index (χ3v) is 2.46. The summed E-state index contributed by atoms with van der Waals surface area (Å²) in [6, 6.07) is 3.32. The van der Waals surface area contributed by atoms with Crippen LogP contribution < -0.4 is 4.74 Å². The molecule has 1 aromatic rings. The Morgan fingerprint density at radius 2 is 1.95 bits per heavy atom. The number of hydrogen-bond acceptors (Lipinski definition) is 4. The van der Waals surface area contributed by atoms with E-state index in [1.165, 1.54) is 20.1 Å². The molecule has 0 bridgehead atoms. The van der Waals surface area contributed by atoms with Crippen LogP contribution in [0.2, 0.25) is 0 Å². The predicted molar refractivity (Wildman–Crippen MR) is 68.0 cm³/mol. The van der Waals surface area contributed by atoms with Crippen LogP contribution >= 0.6 is 0 Å². The molecule has 0 heterocycles. The Bertz CT molecular complexity index is 562. The third-order valence-electron chi connectivity index (χ3n) is 2.46. The zero-order chi connectivity index (χ0) is 16.0. The molecule has 0 amide bonds. The summed E-state index contributed by atoms with van der Waals surface area (Å²) in [4.78, 5) is 23.3. The Labute approximate surface area is 119 Å². The smallest absolute Gasteiger partial charge is 0.504 e. The molecule has 114 valence electrons. The second-order valence-corrected chi connectivity index (χ2v) is 4.13. The van der Waals surface area contributed by atoms with Crippen molar-refractivity contribution in [2.24, 2.45) is 0 Å². The van der Waals surface area contributed by atoms with Crippen LogP contribution in [0.3, 0.4) is 0 Å². The summed E-state index contributed by atoms with van der Waals surface area (Å²) in [6.07, 6.45) is -2.93. The molecule has 0 aliphatic carbocycles. The highest BCUT2D eigenvalue weighted by atomic mass is 19.4. The fraction of sp³-hybridized carbons (Fsp3) is 0.286. The quantitative estimate of drug-likeness (QED) is 0.350. The average Bonchev–Trinajstić information content (AvgIpc) is 2.34. The lowest BCUT2D eigenvalue weighted by Gasteiger charge is -2.11. The van der Waals surface area contributed by atoms with E-state index in [4.69, 9.17) is 0 Å². The standard InChI is InChI=1S/C14H13F3O4/c1-9-7-11(21-14(15,16)17)3-4-12(9)13(19)8-10(18)5-6-20-2/h3-7H,8H2,1-2H3. The van der Waals surface area contributed by atoms with Crippen molar-refractivity contribution in [1.29, 1.82) is 0 Å². The number of rotatable bonds is 6. The highest BCUT2D eigenvalue weighted by Gasteiger charge is 2.31. The molecule has 21 heavy (non-hydrogen) atoms. The first-order valence-electron chi connectivity index (χ1n) is 5.84. The van der Waals surface area contributed by atoms with Gasteiger partial charge >= 0.3 is 6.36 Å². The molecule has 0 spiro atoms. The number of hydrogen-bond donors (Lipinski definition) is 0. The van der Waals surface area contributed by atoms with Gasteiger partial charge in [-0.1, -0.05) is 0 Å². The van der Waals surface area contributed by atoms with Gasteiger partial charge in [-0.15, -0.1) is 13.2 Å². The van der Waals surface area contributed by atoms with Crippen LogP contribution in [0.1, 0.15) is 22.3 Å². The van der Waals surface area contributed by atoms with Gasteiger partial charge in [0.1, 0.15) is 5.75 Å². The summed E-state index contributed by atoms with van der Waals surface area (Å²) < 4.78 is 44.5. The number of benzene rings is 1. The number of allylic oxidation sites excluding steroid dienone is 1. The van der Waals surface area contributed by atoms with Crippen molar-refractivity contribution in [3.63, 3.8) is 0 Å². The second kappa shape index (κ2) is 6.92. The van der Waals surface area contributed by atoms with Gasteiger partial charge in [-0.05, 0) is 30.7 Å². The molecule has 0 aliphatic heterocycles. The van der Waals surface area contributed by atoms with Gasteiger partial charge in [0.15, 0.2) is 11.6 Å². The Morgan fingerprint density at radius 1 is 1.29 bits per heavy atom. The number of Topliss-reactive ketones (excluding diaryl/α,β-unsaturated/α-hetero) is 1. The van der Waals surface area contributed by atoms with Crippen molar-refractivity contribution in [3.05, 3.63) is 41.7 Å². The lowest BCUT2D eigenvalue weighted by Crippen LogP contribution is -2.17. The maximum absolute atomic E-state index is 12.1. The molecule has 7 heteroatoms. The van der Waals surface area contributed by atoms with Gasteiger partial charge in [0.25, 0.3) is 0 Å². The zero-order valence-corrected chi connectivity index (χ0v) is 11.4. The number of ketones is 2. The highest BCUT2D eigenvalue weighted by molar-refractivity contribution is 6.11. The van der Waals surface area contributed by atoms with E-state index in [9.17, 15) is 22.8 Å². The summed E-state index contributed by atoms with van der Waals surface area (Å²) in [5, 5.41) is 0. The van der Waals surface area contributed by atoms with Crippen molar-refractivity contribution in [3.8, 4) is 5.75 Å². The maximum Gasteiger partial charge on any atom is 0.573 e. The van der Waals surface area contributed by atoms with Gasteiger partial charge in [0.2, 0.25) is 0 Å². The molecule has 0 atom stereocenters. The predicted octanol–water partition coefficient (Wildman–Crippen LogP) is 3.20. The van der Waals surface area contributed by atoms with Gasteiger partial charge in [-0.3, -0.25) is 9.59 Å². The second-order valence-electron chi connectivity index (χ2n) is 4.13. The van der Waals surface area contributed by atoms with Gasteiger partial charge in [-0.2, -0.15) is 0 Å². The van der Waals surface area contributed by atoms with Crippen molar-refractivity contribution in [1.82, 2.24) is 0 Å². The number of aryl methyl sites for hydroxylation is 1. The van der Waals surface area contributed by atoms with E-state index < -0.39 is 23.7 Å². The van der Waals surface area contributed by atoms with E-state index in [1.54, 1.807) is 0 Å². The van der Waals surface area contributed by atoms with Crippen molar-refractivity contribution >= 4 is 11.6 Å². The first kappa shape index (κ1) is 16.7. The number of halogens is 3. The zero-order valence-electron chi connectivity index (χ0n) is 11.4. The van der Waals surface area contributed by atoms with Gasteiger partial charge in [-0.25, -0.2) is 0 Å². The van der Waals surface area contributed by atoms with Crippen molar-refractivity contribution in [2.75, 3.05) is 7.11 Å². The average molecular weight is 302 g/mol. The fourth-order valence-corrected chi connectivity index (χ4v) is 1.60. The Kier molecular flexibility index (Phi) is 5.52. The first-order chi connectivity index (χ1) is 9.73. The number of alkyl halides is 3. The first-order valence-corrected chi connectivity index (χ1v) is 5.84. The van der Waals surface area contributed by atoms with Gasteiger partial charge in [0, 0.05) is 11.6 Å². The van der Waals surface area contributed by atoms with E-state index in [0.29, 0.717) is 5.56 Å². The lowest BCUT2D eigenvalue weighted by atomic mass is 10.0. The molecule has 0 N–H and O–H groups in total. The Morgan fingerprint density at radius 3 is 2.48 bits per heavy atom. The van der Waals surface area contributed by atoms with E-state index >= 15 is 0 Å². The molecule has 0 radical (unpaired) electrons. The Hall–Kier alpha value is -2.31. The molecule has 0 saturated carbocycles. The normalized spacial score (nSPS) is 11.5. The summed E-state index contributed by atoms with van der Waals surface area (Å²) in [5.74, 6) is -1.36. The van der Waals surface area contributed by atoms with Crippen molar-refractivity contribution in [2.45, 2.75) is 19.7 Å².